The van der Waals surface area contributed by atoms with E-state index in [-0.39, 0.29) is 18.1 Å². The molecule has 0 radical (unpaired) electrons. The number of carbonyl (C=O) groups is 1. The first-order chi connectivity index (χ1) is 18.4. The number of aliphatic hydroxyl groups excluding tert-OH is 2. The van der Waals surface area contributed by atoms with E-state index < -0.39 is 42.4 Å². The Hall–Kier alpha value is -3.40. The summed E-state index contributed by atoms with van der Waals surface area (Å²) in [5.41, 5.74) is 1.97. The van der Waals surface area contributed by atoms with E-state index in [1.54, 1.807) is 13.3 Å². The number of nitrogens with one attached hydrogen (secondary N) is 1. The van der Waals surface area contributed by atoms with Crippen molar-refractivity contribution in [3.8, 4) is 5.75 Å². The number of rotatable bonds is 10. The van der Waals surface area contributed by atoms with Gasteiger partial charge in [0.15, 0.2) is 0 Å². The number of hydrogen-bond acceptors (Lipinski definition) is 6. The lowest BCUT2D eigenvalue weighted by Gasteiger charge is -2.38. The molecular formula is C29H32F2N2O5. The van der Waals surface area contributed by atoms with E-state index in [1.807, 2.05) is 18.2 Å². The molecule has 0 aliphatic carbocycles. The number of carbonyl (C=O) groups excluding carboxylic acids is 1. The van der Waals surface area contributed by atoms with Crippen LogP contribution in [0.4, 0.5) is 8.78 Å². The van der Waals surface area contributed by atoms with E-state index >= 15 is 0 Å². The molecule has 2 aromatic carbocycles. The first-order valence-electron chi connectivity index (χ1n) is 12.7. The lowest BCUT2D eigenvalue weighted by molar-refractivity contribution is -0.124. The predicted octanol–water partition coefficient (Wildman–Crippen LogP) is 3.94. The van der Waals surface area contributed by atoms with E-state index in [0.29, 0.717) is 18.6 Å². The van der Waals surface area contributed by atoms with Gasteiger partial charge >= 0.3 is 0 Å². The van der Waals surface area contributed by atoms with E-state index in [4.69, 9.17) is 9.47 Å². The number of pyridine rings is 1. The van der Waals surface area contributed by atoms with Crippen LogP contribution < -0.4 is 10.1 Å². The highest BCUT2D eigenvalue weighted by atomic mass is 19.1. The quantitative estimate of drug-likeness (QED) is 0.346. The van der Waals surface area contributed by atoms with Crippen molar-refractivity contribution >= 4 is 22.9 Å². The number of amides is 1. The SMILES string of the molecule is COc1cnc2cccc(CC[C@H]3CC[C@@H](NC(=O)/C=C/c4cc(F)ccc4F)[C@H](C[C@H](O)CO)O3)c2c1. The number of halogens is 2. The zero-order valence-electron chi connectivity index (χ0n) is 21.1. The highest BCUT2D eigenvalue weighted by Crippen LogP contribution is 2.28. The molecule has 0 unspecified atom stereocenters. The van der Waals surface area contributed by atoms with Gasteiger partial charge in [0, 0.05) is 23.4 Å². The van der Waals surface area contributed by atoms with Crippen molar-refractivity contribution < 1.29 is 33.3 Å². The van der Waals surface area contributed by atoms with Crippen LogP contribution in [0.5, 0.6) is 5.75 Å². The van der Waals surface area contributed by atoms with Crippen molar-refractivity contribution in [2.75, 3.05) is 13.7 Å². The molecule has 1 fully saturated rings. The van der Waals surface area contributed by atoms with Crippen LogP contribution in [-0.2, 0) is 16.0 Å². The van der Waals surface area contributed by atoms with Gasteiger partial charge in [-0.3, -0.25) is 9.78 Å². The molecule has 0 spiro atoms. The predicted molar refractivity (Wildman–Crippen MR) is 140 cm³/mol. The fraction of sp³-hybridized carbons (Fsp3) is 0.379. The number of aliphatic hydroxyl groups is 2. The fourth-order valence-electron chi connectivity index (χ4n) is 4.78. The maximum atomic E-state index is 13.9. The maximum absolute atomic E-state index is 13.9. The highest BCUT2D eigenvalue weighted by molar-refractivity contribution is 5.92. The Morgan fingerprint density at radius 3 is 2.89 bits per heavy atom. The zero-order valence-corrected chi connectivity index (χ0v) is 21.1. The van der Waals surface area contributed by atoms with Gasteiger partial charge in [0.25, 0.3) is 0 Å². The normalized spacial score (nSPS) is 20.5. The van der Waals surface area contributed by atoms with Crippen LogP contribution in [0, 0.1) is 11.6 Å². The standard InChI is InChI=1S/C29H32F2N2O5/c1-37-23-15-24-18(3-2-4-26(24)32-16-23)5-8-22-9-11-27(28(38-22)14-21(35)17-34)33-29(36)12-6-19-13-20(30)7-10-25(19)31/h2-4,6-7,10,12-13,15-16,21-22,27-28,34-35H,5,8-9,11,14,17H2,1H3,(H,33,36)/b12-6+/t21-,22-,27+,28-/m0/s1. The van der Waals surface area contributed by atoms with Crippen LogP contribution in [0.15, 0.2) is 54.7 Å². The second-order valence-corrected chi connectivity index (χ2v) is 9.46. The molecule has 9 heteroatoms. The number of hydrogen-bond donors (Lipinski definition) is 3. The highest BCUT2D eigenvalue weighted by Gasteiger charge is 2.33. The van der Waals surface area contributed by atoms with Crippen LogP contribution in [0.25, 0.3) is 17.0 Å². The van der Waals surface area contributed by atoms with Gasteiger partial charge in [-0.25, -0.2) is 8.78 Å². The Morgan fingerprint density at radius 1 is 1.26 bits per heavy atom. The van der Waals surface area contributed by atoms with Gasteiger partial charge in [0.2, 0.25) is 5.91 Å². The second-order valence-electron chi connectivity index (χ2n) is 9.46. The number of nitrogens with zero attached hydrogens (tertiary/aromatic N) is 1. The van der Waals surface area contributed by atoms with Crippen molar-refractivity contribution in [1.82, 2.24) is 10.3 Å². The van der Waals surface area contributed by atoms with E-state index in [2.05, 4.69) is 16.4 Å². The molecule has 1 aliphatic rings. The third-order valence-electron chi connectivity index (χ3n) is 6.79. The Morgan fingerprint density at radius 2 is 2.11 bits per heavy atom. The largest absolute Gasteiger partial charge is 0.495 e. The number of benzene rings is 2. The Bertz CT molecular complexity index is 1290. The minimum Gasteiger partial charge on any atom is -0.495 e. The molecule has 202 valence electrons. The molecule has 3 N–H and O–H groups in total. The number of fused-ring (bicyclic) bond motifs is 1. The lowest BCUT2D eigenvalue weighted by atomic mass is 9.91. The first-order valence-corrected chi connectivity index (χ1v) is 12.7. The van der Waals surface area contributed by atoms with Gasteiger partial charge in [0.05, 0.1) is 49.8 Å². The molecular weight excluding hydrogens is 494 g/mol. The molecule has 1 aliphatic heterocycles. The van der Waals surface area contributed by atoms with Crippen molar-refractivity contribution in [1.29, 1.82) is 0 Å². The lowest BCUT2D eigenvalue weighted by Crippen LogP contribution is -2.50. The molecule has 7 nitrogen and oxygen atoms in total. The summed E-state index contributed by atoms with van der Waals surface area (Å²) in [6.07, 6.45) is 5.33. The Balaban J connectivity index is 1.40. The molecule has 3 aromatic rings. The van der Waals surface area contributed by atoms with Gasteiger partial charge in [-0.2, -0.15) is 0 Å². The maximum Gasteiger partial charge on any atom is 0.244 e. The van der Waals surface area contributed by atoms with Crippen LogP contribution in [-0.4, -0.2) is 59.2 Å². The van der Waals surface area contributed by atoms with Gasteiger partial charge in [0.1, 0.15) is 17.4 Å². The number of aryl methyl sites for hydroxylation is 1. The third kappa shape index (κ3) is 7.12. The van der Waals surface area contributed by atoms with Crippen LogP contribution in [0.3, 0.4) is 0 Å². The molecule has 1 aromatic heterocycles. The molecule has 4 rings (SSSR count). The van der Waals surface area contributed by atoms with E-state index in [1.165, 1.54) is 6.08 Å². The number of aromatic nitrogens is 1. The summed E-state index contributed by atoms with van der Waals surface area (Å²) in [5, 5.41) is 23.3. The van der Waals surface area contributed by atoms with Crippen molar-refractivity contribution in [3.05, 3.63) is 77.5 Å². The van der Waals surface area contributed by atoms with Crippen molar-refractivity contribution in [2.24, 2.45) is 0 Å². The summed E-state index contributed by atoms with van der Waals surface area (Å²) in [6.45, 7) is -0.422. The fourth-order valence-corrected chi connectivity index (χ4v) is 4.78. The Labute approximate surface area is 220 Å². The smallest absolute Gasteiger partial charge is 0.244 e. The van der Waals surface area contributed by atoms with Gasteiger partial charge < -0.3 is 25.0 Å². The van der Waals surface area contributed by atoms with Gasteiger partial charge in [-0.1, -0.05) is 12.1 Å². The molecule has 4 atom stereocenters. The molecule has 2 heterocycles. The number of ether oxygens (including phenoxy) is 2. The molecule has 1 saturated heterocycles. The summed E-state index contributed by atoms with van der Waals surface area (Å²) in [5.74, 6) is -1.04. The van der Waals surface area contributed by atoms with E-state index in [0.717, 1.165) is 53.6 Å². The third-order valence-corrected chi connectivity index (χ3v) is 6.79. The van der Waals surface area contributed by atoms with Crippen LogP contribution >= 0.6 is 0 Å². The molecule has 38 heavy (non-hydrogen) atoms. The average molecular weight is 527 g/mol. The molecule has 0 bridgehead atoms. The number of methoxy groups -OCH3 is 1. The summed E-state index contributed by atoms with van der Waals surface area (Å²) < 4.78 is 38.9. The minimum absolute atomic E-state index is 0.0337. The zero-order chi connectivity index (χ0) is 27.1. The van der Waals surface area contributed by atoms with Crippen molar-refractivity contribution in [2.45, 2.75) is 56.5 Å². The average Bonchev–Trinajstić information content (AvgIpc) is 2.93. The monoisotopic (exact) mass is 526 g/mol. The van der Waals surface area contributed by atoms with Gasteiger partial charge in [-0.15, -0.1) is 0 Å². The summed E-state index contributed by atoms with van der Waals surface area (Å²) >= 11 is 0. The molecule has 1 amide bonds. The van der Waals surface area contributed by atoms with Gasteiger partial charge in [-0.05, 0) is 67.7 Å². The second kappa shape index (κ2) is 12.9. The minimum atomic E-state index is -0.994. The summed E-state index contributed by atoms with van der Waals surface area (Å²) in [7, 11) is 1.60. The van der Waals surface area contributed by atoms with E-state index in [9.17, 15) is 23.8 Å². The van der Waals surface area contributed by atoms with Crippen molar-refractivity contribution in [3.63, 3.8) is 0 Å². The topological polar surface area (TPSA) is 101 Å². The molecule has 0 saturated carbocycles. The van der Waals surface area contributed by atoms with Crippen LogP contribution in [0.2, 0.25) is 0 Å². The van der Waals surface area contributed by atoms with Crippen LogP contribution in [0.1, 0.15) is 36.8 Å². The first kappa shape index (κ1) is 27.6. The Kier molecular flexibility index (Phi) is 9.38. The summed E-state index contributed by atoms with van der Waals surface area (Å²) in [4.78, 5) is 17.0. The summed E-state index contributed by atoms with van der Waals surface area (Å²) in [6, 6.07) is 10.5.